The molecule has 2 rings (SSSR count). The van der Waals surface area contributed by atoms with Crippen molar-refractivity contribution >= 4 is 12.2 Å². The SMILES string of the molecule is Cc1c[nH]c(=S)n1CCN(C)C1CCCC1. The molecule has 0 unspecified atom stereocenters. The Morgan fingerprint density at radius 2 is 2.19 bits per heavy atom. The lowest BCUT2D eigenvalue weighted by Gasteiger charge is -2.24. The predicted octanol–water partition coefficient (Wildman–Crippen LogP) is 2.73. The minimum atomic E-state index is 0.799. The molecular weight excluding hydrogens is 218 g/mol. The molecule has 1 aliphatic rings. The molecule has 90 valence electrons. The average molecular weight is 239 g/mol. The molecule has 0 bridgehead atoms. The van der Waals surface area contributed by atoms with E-state index < -0.39 is 0 Å². The number of aryl methyl sites for hydroxylation is 1. The van der Waals surface area contributed by atoms with Gasteiger partial charge >= 0.3 is 0 Å². The van der Waals surface area contributed by atoms with Crippen LogP contribution in [0.1, 0.15) is 31.4 Å². The molecule has 1 N–H and O–H groups in total. The molecule has 1 aromatic rings. The Bertz CT molecular complexity index is 387. The van der Waals surface area contributed by atoms with E-state index in [1.807, 2.05) is 6.20 Å². The van der Waals surface area contributed by atoms with Gasteiger partial charge in [-0.25, -0.2) is 0 Å². The van der Waals surface area contributed by atoms with E-state index in [2.05, 4.69) is 28.4 Å². The van der Waals surface area contributed by atoms with Crippen LogP contribution >= 0.6 is 12.2 Å². The number of nitrogens with zero attached hydrogens (tertiary/aromatic N) is 2. The van der Waals surface area contributed by atoms with Crippen molar-refractivity contribution in [3.05, 3.63) is 16.7 Å². The maximum absolute atomic E-state index is 5.25. The van der Waals surface area contributed by atoms with E-state index in [0.29, 0.717) is 0 Å². The van der Waals surface area contributed by atoms with E-state index in [9.17, 15) is 0 Å². The first-order chi connectivity index (χ1) is 7.68. The first-order valence-electron chi connectivity index (χ1n) is 6.13. The van der Waals surface area contributed by atoms with Crippen LogP contribution in [-0.4, -0.2) is 34.1 Å². The molecular formula is C12H21N3S. The summed E-state index contributed by atoms with van der Waals surface area (Å²) < 4.78 is 3.03. The second kappa shape index (κ2) is 5.15. The van der Waals surface area contributed by atoms with Crippen molar-refractivity contribution in [2.45, 2.75) is 45.2 Å². The summed E-state index contributed by atoms with van der Waals surface area (Å²) in [7, 11) is 2.24. The first kappa shape index (κ1) is 11.9. The molecule has 0 saturated heterocycles. The standard InChI is InChI=1S/C12H21N3S/c1-10-9-13-12(16)15(10)8-7-14(2)11-5-3-4-6-11/h9,11H,3-8H2,1-2H3,(H,13,16). The number of nitrogens with one attached hydrogen (secondary N) is 1. The molecule has 0 amide bonds. The Kier molecular flexibility index (Phi) is 3.82. The van der Waals surface area contributed by atoms with Gasteiger partial charge in [0.2, 0.25) is 0 Å². The van der Waals surface area contributed by atoms with Crippen molar-refractivity contribution in [1.82, 2.24) is 14.5 Å². The fourth-order valence-corrected chi connectivity index (χ4v) is 2.84. The number of rotatable bonds is 4. The summed E-state index contributed by atoms with van der Waals surface area (Å²) in [5.74, 6) is 0. The Labute approximate surface area is 102 Å². The number of aromatic nitrogens is 2. The zero-order valence-corrected chi connectivity index (χ0v) is 11.0. The van der Waals surface area contributed by atoms with E-state index in [4.69, 9.17) is 12.2 Å². The lowest BCUT2D eigenvalue weighted by Crippen LogP contribution is -2.32. The van der Waals surface area contributed by atoms with E-state index in [1.54, 1.807) is 0 Å². The molecule has 0 atom stereocenters. The number of H-pyrrole nitrogens is 1. The lowest BCUT2D eigenvalue weighted by molar-refractivity contribution is 0.235. The Morgan fingerprint density at radius 3 is 2.75 bits per heavy atom. The lowest BCUT2D eigenvalue weighted by atomic mass is 10.2. The molecule has 0 aromatic carbocycles. The summed E-state index contributed by atoms with van der Waals surface area (Å²) >= 11 is 5.25. The van der Waals surface area contributed by atoms with Crippen LogP contribution in [0.4, 0.5) is 0 Å². The molecule has 4 heteroatoms. The third-order valence-corrected chi connectivity index (χ3v) is 4.04. The quantitative estimate of drug-likeness (QED) is 0.817. The zero-order valence-electron chi connectivity index (χ0n) is 10.2. The highest BCUT2D eigenvalue weighted by Crippen LogP contribution is 2.22. The van der Waals surface area contributed by atoms with Crippen molar-refractivity contribution in [3.8, 4) is 0 Å². The van der Waals surface area contributed by atoms with Crippen molar-refractivity contribution < 1.29 is 0 Å². The molecule has 16 heavy (non-hydrogen) atoms. The summed E-state index contributed by atoms with van der Waals surface area (Å²) in [6.45, 7) is 4.20. The van der Waals surface area contributed by atoms with E-state index in [0.717, 1.165) is 23.9 Å². The number of likely N-dealkylation sites (N-methyl/N-ethyl adjacent to an activating group) is 1. The van der Waals surface area contributed by atoms with Gasteiger partial charge in [0, 0.05) is 31.0 Å². The van der Waals surface area contributed by atoms with Crippen LogP contribution in [0.25, 0.3) is 0 Å². The number of imidazole rings is 1. The van der Waals surface area contributed by atoms with E-state index in [-0.39, 0.29) is 0 Å². The highest BCUT2D eigenvalue weighted by Gasteiger charge is 2.19. The van der Waals surface area contributed by atoms with Gasteiger partial charge in [-0.2, -0.15) is 0 Å². The average Bonchev–Trinajstić information content (AvgIpc) is 2.87. The van der Waals surface area contributed by atoms with Crippen LogP contribution in [0.3, 0.4) is 0 Å². The fourth-order valence-electron chi connectivity index (χ4n) is 2.55. The highest BCUT2D eigenvalue weighted by molar-refractivity contribution is 7.71. The molecule has 1 saturated carbocycles. The van der Waals surface area contributed by atoms with Crippen molar-refractivity contribution in [2.75, 3.05) is 13.6 Å². The Hall–Kier alpha value is -0.610. The molecule has 0 radical (unpaired) electrons. The van der Waals surface area contributed by atoms with Crippen LogP contribution in [0.2, 0.25) is 0 Å². The van der Waals surface area contributed by atoms with Gasteiger partial charge in [0.1, 0.15) is 0 Å². The Morgan fingerprint density at radius 1 is 1.50 bits per heavy atom. The molecule has 0 spiro atoms. The topological polar surface area (TPSA) is 24.0 Å². The predicted molar refractivity (Wildman–Crippen MR) is 69.2 cm³/mol. The van der Waals surface area contributed by atoms with Crippen molar-refractivity contribution in [2.24, 2.45) is 0 Å². The summed E-state index contributed by atoms with van der Waals surface area (Å²) in [4.78, 5) is 5.58. The minimum absolute atomic E-state index is 0.799. The monoisotopic (exact) mass is 239 g/mol. The molecule has 1 fully saturated rings. The molecule has 1 heterocycles. The first-order valence-corrected chi connectivity index (χ1v) is 6.54. The number of aromatic amines is 1. The van der Waals surface area contributed by atoms with Crippen molar-refractivity contribution in [1.29, 1.82) is 0 Å². The van der Waals surface area contributed by atoms with Crippen LogP contribution in [-0.2, 0) is 6.54 Å². The van der Waals surface area contributed by atoms with Gasteiger partial charge in [0.15, 0.2) is 4.77 Å². The zero-order chi connectivity index (χ0) is 11.5. The third-order valence-electron chi connectivity index (χ3n) is 3.70. The molecule has 1 aromatic heterocycles. The van der Waals surface area contributed by atoms with Crippen LogP contribution in [0.15, 0.2) is 6.20 Å². The summed E-state index contributed by atoms with van der Waals surface area (Å²) in [5.41, 5.74) is 1.23. The molecule has 1 aliphatic carbocycles. The second-order valence-electron chi connectivity index (χ2n) is 4.81. The van der Waals surface area contributed by atoms with Gasteiger partial charge in [0.05, 0.1) is 0 Å². The van der Waals surface area contributed by atoms with Gasteiger partial charge in [0.25, 0.3) is 0 Å². The van der Waals surface area contributed by atoms with Gasteiger partial charge in [-0.05, 0) is 39.0 Å². The van der Waals surface area contributed by atoms with Crippen LogP contribution in [0, 0.1) is 11.7 Å². The minimum Gasteiger partial charge on any atom is -0.337 e. The molecule has 0 aliphatic heterocycles. The largest absolute Gasteiger partial charge is 0.337 e. The van der Waals surface area contributed by atoms with Gasteiger partial charge in [-0.1, -0.05) is 12.8 Å². The maximum atomic E-state index is 5.25. The number of hydrogen-bond donors (Lipinski definition) is 1. The van der Waals surface area contributed by atoms with Crippen LogP contribution in [0.5, 0.6) is 0 Å². The van der Waals surface area contributed by atoms with Gasteiger partial charge in [-0.3, -0.25) is 0 Å². The number of hydrogen-bond acceptors (Lipinski definition) is 2. The van der Waals surface area contributed by atoms with E-state index in [1.165, 1.54) is 31.4 Å². The Balaban J connectivity index is 1.89. The summed E-state index contributed by atoms with van der Waals surface area (Å²) in [5, 5.41) is 0. The van der Waals surface area contributed by atoms with E-state index >= 15 is 0 Å². The third kappa shape index (κ3) is 2.55. The normalized spacial score (nSPS) is 17.4. The second-order valence-corrected chi connectivity index (χ2v) is 5.19. The molecule has 3 nitrogen and oxygen atoms in total. The van der Waals surface area contributed by atoms with Crippen molar-refractivity contribution in [3.63, 3.8) is 0 Å². The smallest absolute Gasteiger partial charge is 0.177 e. The summed E-state index contributed by atoms with van der Waals surface area (Å²) in [6, 6.07) is 0.799. The van der Waals surface area contributed by atoms with Gasteiger partial charge < -0.3 is 14.5 Å². The maximum Gasteiger partial charge on any atom is 0.177 e. The van der Waals surface area contributed by atoms with Crippen LogP contribution < -0.4 is 0 Å². The summed E-state index contributed by atoms with van der Waals surface area (Å²) in [6.07, 6.45) is 7.52. The highest BCUT2D eigenvalue weighted by atomic mass is 32.1. The van der Waals surface area contributed by atoms with Gasteiger partial charge in [-0.15, -0.1) is 0 Å². The fraction of sp³-hybridized carbons (Fsp3) is 0.750.